The zero-order chi connectivity index (χ0) is 15.0. The smallest absolute Gasteiger partial charge is 0.222 e. The minimum Gasteiger partial charge on any atom is -0.389 e. The van der Waals surface area contributed by atoms with Crippen molar-refractivity contribution in [1.82, 2.24) is 9.78 Å². The Balaban J connectivity index is 2.43. The fraction of sp³-hybridized carbons (Fsp3) is 0.615. The molecule has 0 saturated carbocycles. The lowest BCUT2D eigenvalue weighted by molar-refractivity contribution is -0.122. The number of aromatic nitrogens is 2. The minimum absolute atomic E-state index is 0.138. The molecule has 2 heterocycles. The van der Waals surface area contributed by atoms with Crippen LogP contribution in [0.2, 0.25) is 0 Å². The summed E-state index contributed by atoms with van der Waals surface area (Å²) < 4.78 is 1.78. The summed E-state index contributed by atoms with van der Waals surface area (Å²) in [5, 5.41) is 4.40. The molecule has 4 N–H and O–H groups in total. The number of carbonyl (C=O) groups excluding carboxylic acids is 1. The molecule has 1 aliphatic rings. The number of primary amides is 1. The van der Waals surface area contributed by atoms with Crippen LogP contribution in [-0.4, -0.2) is 33.3 Å². The van der Waals surface area contributed by atoms with Gasteiger partial charge in [-0.1, -0.05) is 12.2 Å². The molecule has 1 saturated heterocycles. The Morgan fingerprint density at radius 2 is 2.05 bits per heavy atom. The maximum absolute atomic E-state index is 11.5. The molecule has 1 fully saturated rings. The van der Waals surface area contributed by atoms with Gasteiger partial charge in [0, 0.05) is 19.6 Å². The number of nitrogens with zero attached hydrogens (tertiary/aromatic N) is 3. The van der Waals surface area contributed by atoms with Crippen LogP contribution in [0.3, 0.4) is 0 Å². The molecule has 1 amide bonds. The highest BCUT2D eigenvalue weighted by Gasteiger charge is 2.32. The molecule has 110 valence electrons. The third-order valence-electron chi connectivity index (χ3n) is 3.99. The molecular weight excluding hydrogens is 274 g/mol. The van der Waals surface area contributed by atoms with Crippen LogP contribution in [0.5, 0.6) is 0 Å². The van der Waals surface area contributed by atoms with E-state index in [9.17, 15) is 4.79 Å². The van der Waals surface area contributed by atoms with Crippen LogP contribution in [0.25, 0.3) is 0 Å². The molecule has 1 aliphatic heterocycles. The van der Waals surface area contributed by atoms with E-state index in [1.165, 1.54) is 0 Å². The van der Waals surface area contributed by atoms with Crippen LogP contribution in [0.1, 0.15) is 31.0 Å². The Hall–Kier alpha value is -1.63. The van der Waals surface area contributed by atoms with Crippen LogP contribution in [-0.2, 0) is 11.8 Å². The van der Waals surface area contributed by atoms with E-state index in [0.29, 0.717) is 17.6 Å². The molecule has 1 aromatic rings. The van der Waals surface area contributed by atoms with Gasteiger partial charge in [0.05, 0.1) is 17.2 Å². The quantitative estimate of drug-likeness (QED) is 0.790. The zero-order valence-electron chi connectivity index (χ0n) is 12.1. The van der Waals surface area contributed by atoms with Gasteiger partial charge in [-0.15, -0.1) is 0 Å². The molecule has 6 nitrogen and oxygen atoms in total. The monoisotopic (exact) mass is 295 g/mol. The van der Waals surface area contributed by atoms with Gasteiger partial charge in [-0.05, 0) is 26.7 Å². The van der Waals surface area contributed by atoms with Gasteiger partial charge < -0.3 is 16.4 Å². The Morgan fingerprint density at radius 3 is 2.60 bits per heavy atom. The van der Waals surface area contributed by atoms with Crippen molar-refractivity contribution in [2.45, 2.75) is 32.7 Å². The molecular formula is C13H21N5OS. The zero-order valence-corrected chi connectivity index (χ0v) is 12.9. The number of hydrogen-bond donors (Lipinski definition) is 2. The molecule has 0 bridgehead atoms. The number of aryl methyl sites for hydroxylation is 2. The van der Waals surface area contributed by atoms with E-state index in [2.05, 4.69) is 16.9 Å². The van der Waals surface area contributed by atoms with Crippen molar-refractivity contribution in [1.29, 1.82) is 0 Å². The standard InChI is InChI=1S/C13H21N5OS/c1-7-4-5-9(11(14)19)6-18(7)13-10(12(15)20)8(2)16-17(13)3/h7,9H,4-6H2,1-3H3,(H2,14,19)(H2,15,20). The number of piperidine rings is 1. The summed E-state index contributed by atoms with van der Waals surface area (Å²) in [6, 6.07) is 0.300. The van der Waals surface area contributed by atoms with Crippen molar-refractivity contribution in [2.24, 2.45) is 24.4 Å². The van der Waals surface area contributed by atoms with Gasteiger partial charge in [0.25, 0.3) is 0 Å². The lowest BCUT2D eigenvalue weighted by Gasteiger charge is -2.38. The van der Waals surface area contributed by atoms with Crippen molar-refractivity contribution >= 4 is 28.9 Å². The van der Waals surface area contributed by atoms with Crippen LogP contribution < -0.4 is 16.4 Å². The lowest BCUT2D eigenvalue weighted by Crippen LogP contribution is -2.47. The first kappa shape index (κ1) is 14.8. The molecule has 20 heavy (non-hydrogen) atoms. The van der Waals surface area contributed by atoms with E-state index in [1.54, 1.807) is 4.68 Å². The third kappa shape index (κ3) is 2.49. The van der Waals surface area contributed by atoms with Crippen molar-refractivity contribution < 1.29 is 4.79 Å². The maximum atomic E-state index is 11.5. The van der Waals surface area contributed by atoms with E-state index in [-0.39, 0.29) is 11.8 Å². The highest BCUT2D eigenvalue weighted by Crippen LogP contribution is 2.31. The molecule has 2 atom stereocenters. The van der Waals surface area contributed by atoms with Gasteiger partial charge in [-0.2, -0.15) is 5.10 Å². The predicted octanol–water partition coefficient (Wildman–Crippen LogP) is 0.453. The summed E-state index contributed by atoms with van der Waals surface area (Å²) in [5.74, 6) is 0.492. The largest absolute Gasteiger partial charge is 0.389 e. The Morgan fingerprint density at radius 1 is 1.40 bits per heavy atom. The Bertz CT molecular complexity index is 553. The summed E-state index contributed by atoms with van der Waals surface area (Å²) in [4.78, 5) is 13.9. The first-order chi connectivity index (χ1) is 9.32. The van der Waals surface area contributed by atoms with Gasteiger partial charge in [0.15, 0.2) is 0 Å². The van der Waals surface area contributed by atoms with Crippen molar-refractivity contribution in [3.63, 3.8) is 0 Å². The Kier molecular flexibility index (Phi) is 3.99. The topological polar surface area (TPSA) is 90.2 Å². The number of amides is 1. The van der Waals surface area contributed by atoms with Crippen LogP contribution >= 0.6 is 12.2 Å². The number of nitrogens with two attached hydrogens (primary N) is 2. The summed E-state index contributed by atoms with van der Waals surface area (Å²) in [6.45, 7) is 4.60. The fourth-order valence-electron chi connectivity index (χ4n) is 2.90. The van der Waals surface area contributed by atoms with Crippen LogP contribution in [0.15, 0.2) is 0 Å². The van der Waals surface area contributed by atoms with Crippen LogP contribution in [0, 0.1) is 12.8 Å². The Labute approximate surface area is 124 Å². The molecule has 0 spiro atoms. The number of hydrogen-bond acceptors (Lipinski definition) is 4. The van der Waals surface area contributed by atoms with Gasteiger partial charge in [-0.3, -0.25) is 9.48 Å². The number of thiocarbonyl (C=S) groups is 1. The number of carbonyl (C=O) groups is 1. The van der Waals surface area contributed by atoms with Gasteiger partial charge >= 0.3 is 0 Å². The fourth-order valence-corrected chi connectivity index (χ4v) is 3.14. The van der Waals surface area contributed by atoms with Crippen LogP contribution in [0.4, 0.5) is 5.82 Å². The molecule has 2 rings (SSSR count). The molecule has 0 radical (unpaired) electrons. The van der Waals surface area contributed by atoms with Gasteiger partial charge in [-0.25, -0.2) is 0 Å². The second-order valence-corrected chi connectivity index (χ2v) is 5.89. The summed E-state index contributed by atoms with van der Waals surface area (Å²) >= 11 is 5.15. The van der Waals surface area contributed by atoms with Gasteiger partial charge in [0.2, 0.25) is 5.91 Å². The van der Waals surface area contributed by atoms with E-state index in [4.69, 9.17) is 23.7 Å². The highest BCUT2D eigenvalue weighted by atomic mass is 32.1. The highest BCUT2D eigenvalue weighted by molar-refractivity contribution is 7.80. The van der Waals surface area contributed by atoms with E-state index in [1.807, 2.05) is 14.0 Å². The lowest BCUT2D eigenvalue weighted by atomic mass is 9.92. The molecule has 7 heteroatoms. The average molecular weight is 295 g/mol. The molecule has 0 aromatic carbocycles. The SMILES string of the molecule is Cc1nn(C)c(N2CC(C(N)=O)CCC2C)c1C(N)=S. The molecule has 0 aliphatic carbocycles. The maximum Gasteiger partial charge on any atom is 0.222 e. The normalized spacial score (nSPS) is 22.9. The average Bonchev–Trinajstić information content (AvgIpc) is 2.64. The second kappa shape index (κ2) is 5.40. The first-order valence-corrected chi connectivity index (χ1v) is 7.13. The van der Waals surface area contributed by atoms with E-state index >= 15 is 0 Å². The first-order valence-electron chi connectivity index (χ1n) is 6.72. The minimum atomic E-state index is -0.252. The summed E-state index contributed by atoms with van der Waals surface area (Å²) in [5.41, 5.74) is 12.9. The van der Waals surface area contributed by atoms with E-state index in [0.717, 1.165) is 29.9 Å². The number of anilines is 1. The third-order valence-corrected chi connectivity index (χ3v) is 4.20. The van der Waals surface area contributed by atoms with Gasteiger partial charge in [0.1, 0.15) is 10.8 Å². The van der Waals surface area contributed by atoms with Crippen molar-refractivity contribution in [2.75, 3.05) is 11.4 Å². The molecule has 2 unspecified atom stereocenters. The number of rotatable bonds is 3. The van der Waals surface area contributed by atoms with E-state index < -0.39 is 0 Å². The summed E-state index contributed by atoms with van der Waals surface area (Å²) in [7, 11) is 1.87. The second-order valence-electron chi connectivity index (χ2n) is 5.45. The van der Waals surface area contributed by atoms with Crippen molar-refractivity contribution in [3.8, 4) is 0 Å². The van der Waals surface area contributed by atoms with Crippen molar-refractivity contribution in [3.05, 3.63) is 11.3 Å². The predicted molar refractivity (Wildman–Crippen MR) is 82.6 cm³/mol. The summed E-state index contributed by atoms with van der Waals surface area (Å²) in [6.07, 6.45) is 1.74. The molecule has 1 aromatic heterocycles.